The molecule has 1 aliphatic rings. The molecular formula is C24H21BrF4N6O2. The van der Waals surface area contributed by atoms with Crippen LogP contribution in [0.5, 0.6) is 0 Å². The third kappa shape index (κ3) is 5.66. The number of hydrogen-bond acceptors (Lipinski definition) is 6. The number of rotatable bonds is 8. The predicted octanol–water partition coefficient (Wildman–Crippen LogP) is 5.80. The maximum absolute atomic E-state index is 13.8. The van der Waals surface area contributed by atoms with Crippen LogP contribution in [0.3, 0.4) is 0 Å². The number of nitrogens with one attached hydrogen (secondary N) is 3. The number of hydrogen-bond donors (Lipinski definition) is 3. The fourth-order valence-electron chi connectivity index (χ4n) is 3.97. The summed E-state index contributed by atoms with van der Waals surface area (Å²) in [5.41, 5.74) is 0.751. The predicted molar refractivity (Wildman–Crippen MR) is 134 cm³/mol. The number of halogens is 5. The zero-order valence-corrected chi connectivity index (χ0v) is 21.0. The zero-order valence-electron chi connectivity index (χ0n) is 19.4. The molecule has 1 aliphatic heterocycles. The second kappa shape index (κ2) is 10.7. The second-order valence-electron chi connectivity index (χ2n) is 8.10. The number of carbonyl (C=O) groups is 2. The van der Waals surface area contributed by atoms with Gasteiger partial charge in [-0.2, -0.15) is 18.2 Å². The van der Waals surface area contributed by atoms with E-state index in [0.717, 1.165) is 0 Å². The standard InChI is InChI=1S/C24H21BrF4N6O2/c1-13-16-3-2-4-18(20(16)22(37)35(13)10-9-26)33-21-17(24(27,28)29)12-30-23(34-21)32-15-7-5-14(6-8-15)31-19(36)11-25/h2-8,12-13H,9-11H2,1H3,(H,31,36)(H2,30,32,33,34). The number of benzene rings is 2. The molecule has 2 amide bonds. The van der Waals surface area contributed by atoms with Crippen molar-refractivity contribution in [1.29, 1.82) is 0 Å². The first-order valence-electron chi connectivity index (χ1n) is 11.1. The average molecular weight is 581 g/mol. The molecule has 194 valence electrons. The molecule has 0 saturated carbocycles. The summed E-state index contributed by atoms with van der Waals surface area (Å²) in [6.45, 7) is 0.867. The van der Waals surface area contributed by atoms with Gasteiger partial charge in [-0.15, -0.1) is 0 Å². The molecule has 0 radical (unpaired) electrons. The van der Waals surface area contributed by atoms with E-state index < -0.39 is 36.2 Å². The molecule has 0 bridgehead atoms. The number of aromatic nitrogens is 2. The molecular weight excluding hydrogens is 560 g/mol. The lowest BCUT2D eigenvalue weighted by atomic mass is 10.0. The van der Waals surface area contributed by atoms with Gasteiger partial charge in [-0.1, -0.05) is 28.1 Å². The summed E-state index contributed by atoms with van der Waals surface area (Å²) in [6, 6.07) is 10.7. The van der Waals surface area contributed by atoms with Crippen LogP contribution >= 0.6 is 15.9 Å². The van der Waals surface area contributed by atoms with Gasteiger partial charge in [0.15, 0.2) is 0 Å². The SMILES string of the molecule is CC1c2cccc(Nc3nc(Nc4ccc(NC(=O)CBr)cc4)ncc3C(F)(F)F)c2C(=O)N1CCF. The van der Waals surface area contributed by atoms with Crippen LogP contribution in [0.2, 0.25) is 0 Å². The van der Waals surface area contributed by atoms with Crippen LogP contribution in [0.1, 0.15) is 34.5 Å². The monoisotopic (exact) mass is 580 g/mol. The highest BCUT2D eigenvalue weighted by molar-refractivity contribution is 9.09. The highest BCUT2D eigenvalue weighted by Gasteiger charge is 2.38. The lowest BCUT2D eigenvalue weighted by Crippen LogP contribution is -2.28. The summed E-state index contributed by atoms with van der Waals surface area (Å²) >= 11 is 3.05. The minimum absolute atomic E-state index is 0.123. The largest absolute Gasteiger partial charge is 0.421 e. The molecule has 1 atom stereocenters. The van der Waals surface area contributed by atoms with Crippen molar-refractivity contribution < 1.29 is 27.2 Å². The maximum atomic E-state index is 13.8. The van der Waals surface area contributed by atoms with Crippen LogP contribution in [-0.4, -0.2) is 45.2 Å². The summed E-state index contributed by atoms with van der Waals surface area (Å²) in [7, 11) is 0. The van der Waals surface area contributed by atoms with Gasteiger partial charge >= 0.3 is 6.18 Å². The van der Waals surface area contributed by atoms with Gasteiger partial charge in [-0.3, -0.25) is 9.59 Å². The summed E-state index contributed by atoms with van der Waals surface area (Å²) in [5.74, 6) is -1.39. The Balaban J connectivity index is 1.64. The van der Waals surface area contributed by atoms with E-state index in [1.165, 1.54) is 11.0 Å². The summed E-state index contributed by atoms with van der Waals surface area (Å²) in [6.07, 6.45) is -4.13. The van der Waals surface area contributed by atoms with Gasteiger partial charge in [-0.05, 0) is 42.8 Å². The van der Waals surface area contributed by atoms with Crippen LogP contribution in [-0.2, 0) is 11.0 Å². The molecule has 0 aliphatic carbocycles. The van der Waals surface area contributed by atoms with Crippen LogP contribution in [0.15, 0.2) is 48.7 Å². The molecule has 0 saturated heterocycles. The Kier molecular flexibility index (Phi) is 7.62. The van der Waals surface area contributed by atoms with Gasteiger partial charge in [0.25, 0.3) is 5.91 Å². The molecule has 3 aromatic rings. The summed E-state index contributed by atoms with van der Waals surface area (Å²) in [4.78, 5) is 33.6. The number of carbonyl (C=O) groups excluding carboxylic acids is 2. The zero-order chi connectivity index (χ0) is 26.7. The van der Waals surface area contributed by atoms with Gasteiger partial charge in [0, 0.05) is 24.1 Å². The Labute approximate surface area is 217 Å². The highest BCUT2D eigenvalue weighted by Crippen LogP contribution is 2.40. The molecule has 1 aromatic heterocycles. The van der Waals surface area contributed by atoms with E-state index in [2.05, 4.69) is 41.8 Å². The van der Waals surface area contributed by atoms with Crippen molar-refractivity contribution in [1.82, 2.24) is 14.9 Å². The van der Waals surface area contributed by atoms with Crippen molar-refractivity contribution in [3.63, 3.8) is 0 Å². The Bertz CT molecular complexity index is 1320. The number of nitrogens with zero attached hydrogens (tertiary/aromatic N) is 3. The lowest BCUT2D eigenvalue weighted by molar-refractivity contribution is -0.137. The molecule has 37 heavy (non-hydrogen) atoms. The topological polar surface area (TPSA) is 99.3 Å². The van der Waals surface area contributed by atoms with Gasteiger partial charge in [0.1, 0.15) is 18.1 Å². The molecule has 3 N–H and O–H groups in total. The molecule has 0 spiro atoms. The molecule has 2 aromatic carbocycles. The lowest BCUT2D eigenvalue weighted by Gasteiger charge is -2.20. The quantitative estimate of drug-likeness (QED) is 0.230. The molecule has 2 heterocycles. The smallest absolute Gasteiger partial charge is 0.339 e. The maximum Gasteiger partial charge on any atom is 0.421 e. The number of amides is 2. The van der Waals surface area contributed by atoms with E-state index >= 15 is 0 Å². The first-order chi connectivity index (χ1) is 17.6. The molecule has 8 nitrogen and oxygen atoms in total. The van der Waals surface area contributed by atoms with Crippen molar-refractivity contribution in [2.24, 2.45) is 0 Å². The fourth-order valence-corrected chi connectivity index (χ4v) is 4.11. The van der Waals surface area contributed by atoms with E-state index in [0.29, 0.717) is 23.1 Å². The Morgan fingerprint density at radius 1 is 1.11 bits per heavy atom. The highest BCUT2D eigenvalue weighted by atomic mass is 79.9. The fraction of sp³-hybridized carbons (Fsp3) is 0.250. The van der Waals surface area contributed by atoms with Crippen molar-refractivity contribution in [3.05, 3.63) is 65.4 Å². The number of fused-ring (bicyclic) bond motifs is 1. The number of anilines is 5. The first kappa shape index (κ1) is 26.3. The van der Waals surface area contributed by atoms with Gasteiger partial charge in [-0.25, -0.2) is 9.37 Å². The summed E-state index contributed by atoms with van der Waals surface area (Å²) < 4.78 is 54.3. The average Bonchev–Trinajstić information content (AvgIpc) is 3.10. The molecule has 1 unspecified atom stereocenters. The third-order valence-electron chi connectivity index (χ3n) is 5.71. The Morgan fingerprint density at radius 3 is 2.46 bits per heavy atom. The second-order valence-corrected chi connectivity index (χ2v) is 8.66. The van der Waals surface area contributed by atoms with Crippen molar-refractivity contribution in [2.75, 3.05) is 34.5 Å². The Morgan fingerprint density at radius 2 is 1.81 bits per heavy atom. The van der Waals surface area contributed by atoms with E-state index in [1.54, 1.807) is 43.3 Å². The van der Waals surface area contributed by atoms with Crippen LogP contribution < -0.4 is 16.0 Å². The molecule has 4 rings (SSSR count). The van der Waals surface area contributed by atoms with Crippen molar-refractivity contribution in [2.45, 2.75) is 19.1 Å². The Hall–Kier alpha value is -3.74. The van der Waals surface area contributed by atoms with E-state index in [-0.39, 0.29) is 35.0 Å². The van der Waals surface area contributed by atoms with Gasteiger partial charge < -0.3 is 20.9 Å². The number of alkyl halides is 5. The van der Waals surface area contributed by atoms with Crippen LogP contribution in [0.4, 0.5) is 46.4 Å². The van der Waals surface area contributed by atoms with E-state index in [4.69, 9.17) is 0 Å². The third-order valence-corrected chi connectivity index (χ3v) is 6.22. The first-order valence-corrected chi connectivity index (χ1v) is 12.2. The van der Waals surface area contributed by atoms with E-state index in [9.17, 15) is 27.2 Å². The van der Waals surface area contributed by atoms with Crippen molar-refractivity contribution >= 4 is 56.6 Å². The van der Waals surface area contributed by atoms with Crippen LogP contribution in [0.25, 0.3) is 0 Å². The normalized spacial score (nSPS) is 14.9. The van der Waals surface area contributed by atoms with Crippen molar-refractivity contribution in [3.8, 4) is 0 Å². The van der Waals surface area contributed by atoms with Gasteiger partial charge in [0.05, 0.1) is 22.6 Å². The van der Waals surface area contributed by atoms with E-state index in [1.807, 2.05) is 0 Å². The van der Waals surface area contributed by atoms with Crippen LogP contribution in [0, 0.1) is 0 Å². The molecule has 0 fully saturated rings. The molecule has 13 heteroatoms. The minimum Gasteiger partial charge on any atom is -0.339 e. The summed E-state index contributed by atoms with van der Waals surface area (Å²) in [5, 5.41) is 8.26. The van der Waals surface area contributed by atoms with Gasteiger partial charge in [0.2, 0.25) is 11.9 Å². The minimum atomic E-state index is -4.77.